The molecule has 0 atom stereocenters. The van der Waals surface area contributed by atoms with E-state index >= 15 is 0 Å². The minimum absolute atomic E-state index is 0.814. The Labute approximate surface area is 95.2 Å². The molecule has 1 aromatic heterocycles. The molecule has 0 aliphatic carbocycles. The van der Waals surface area contributed by atoms with Gasteiger partial charge in [0.25, 0.3) is 7.44 Å². The van der Waals surface area contributed by atoms with E-state index in [0.717, 1.165) is 9.50 Å². The van der Waals surface area contributed by atoms with Crippen molar-refractivity contribution in [3.05, 3.63) is 17.0 Å². The van der Waals surface area contributed by atoms with Crippen LogP contribution in [0, 0.1) is 12.3 Å². The summed E-state index contributed by atoms with van der Waals surface area (Å²) in [6, 6.07) is 3.68. The van der Waals surface area contributed by atoms with Crippen molar-refractivity contribution in [2.75, 3.05) is 28.2 Å². The molecule has 0 amide bonds. The first-order valence-corrected chi connectivity index (χ1v) is 6.88. The van der Waals surface area contributed by atoms with Crippen molar-refractivity contribution in [1.82, 2.24) is 9.34 Å². The summed E-state index contributed by atoms with van der Waals surface area (Å²) in [7, 11) is 4.64. The molecule has 0 saturated carbocycles. The molecule has 1 aromatic rings. The van der Waals surface area contributed by atoms with Gasteiger partial charge in [-0.15, -0.1) is 17.8 Å². The molecule has 1 rings (SSSR count). The largest absolute Gasteiger partial charge is 0.283 e. The molecule has 0 saturated heterocycles. The Bertz CT molecular complexity index is 419. The summed E-state index contributed by atoms with van der Waals surface area (Å²) in [5.74, 6) is 2.56. The van der Waals surface area contributed by atoms with Crippen LogP contribution in [0.1, 0.15) is 4.88 Å². The lowest BCUT2D eigenvalue weighted by atomic mass is 10.5. The molecule has 0 fully saturated rings. The highest BCUT2D eigenvalue weighted by Gasteiger charge is 2.31. The van der Waals surface area contributed by atoms with Gasteiger partial charge < -0.3 is 0 Å². The standard InChI is InChI=1S/C10H15N2OPS/c1-6-9-7-8-10(15-9)14(13,11(2)3)12(4)5/h1,7-8H,2-5H3. The second-order valence-corrected chi connectivity index (χ2v) is 8.08. The molecule has 1 heterocycles. The monoisotopic (exact) mass is 242 g/mol. The molecule has 82 valence electrons. The van der Waals surface area contributed by atoms with Crippen LogP contribution in [0.15, 0.2) is 12.1 Å². The Morgan fingerprint density at radius 3 is 2.13 bits per heavy atom. The molecule has 0 unspecified atom stereocenters. The third kappa shape index (κ3) is 2.16. The van der Waals surface area contributed by atoms with Gasteiger partial charge in [0.05, 0.1) is 9.50 Å². The van der Waals surface area contributed by atoms with Gasteiger partial charge >= 0.3 is 0 Å². The third-order valence-electron chi connectivity index (χ3n) is 2.11. The topological polar surface area (TPSA) is 23.6 Å². The zero-order chi connectivity index (χ0) is 11.6. The minimum Gasteiger partial charge on any atom is -0.283 e. The van der Waals surface area contributed by atoms with Crippen molar-refractivity contribution in [2.45, 2.75) is 0 Å². The van der Waals surface area contributed by atoms with E-state index in [1.165, 1.54) is 11.3 Å². The maximum atomic E-state index is 12.7. The number of terminal acetylenes is 1. The summed E-state index contributed by atoms with van der Waals surface area (Å²) in [5, 5.41) is 0. The Kier molecular flexibility index (Phi) is 3.75. The molecular formula is C10H15N2OPS. The summed E-state index contributed by atoms with van der Waals surface area (Å²) in [6.07, 6.45) is 5.30. The summed E-state index contributed by atoms with van der Waals surface area (Å²) in [5.41, 5.74) is 0. The highest BCUT2D eigenvalue weighted by atomic mass is 32.1. The van der Waals surface area contributed by atoms with Crippen LogP contribution in [0.2, 0.25) is 0 Å². The smallest absolute Gasteiger partial charge is 0.254 e. The Hall–Kier alpha value is -0.590. The van der Waals surface area contributed by atoms with Gasteiger partial charge in [0, 0.05) is 0 Å². The first-order valence-electron chi connectivity index (χ1n) is 4.45. The van der Waals surface area contributed by atoms with Gasteiger partial charge in [0.1, 0.15) is 0 Å². The summed E-state index contributed by atoms with van der Waals surface area (Å²) >= 11 is 1.41. The normalized spacial score (nSPS) is 12.1. The average Bonchev–Trinajstić information content (AvgIpc) is 2.64. The van der Waals surface area contributed by atoms with Crippen LogP contribution >= 0.6 is 18.8 Å². The van der Waals surface area contributed by atoms with Crippen LogP contribution in [-0.2, 0) is 4.57 Å². The molecule has 0 N–H and O–H groups in total. The number of hydrogen-bond donors (Lipinski definition) is 0. The molecule has 0 aliphatic rings. The Morgan fingerprint density at radius 1 is 1.27 bits per heavy atom. The van der Waals surface area contributed by atoms with Gasteiger partial charge in [-0.05, 0) is 40.3 Å². The van der Waals surface area contributed by atoms with Crippen LogP contribution in [-0.4, -0.2) is 37.5 Å². The quantitative estimate of drug-likeness (QED) is 0.595. The maximum Gasteiger partial charge on any atom is 0.254 e. The fourth-order valence-corrected chi connectivity index (χ4v) is 5.39. The second-order valence-electron chi connectivity index (χ2n) is 3.52. The van der Waals surface area contributed by atoms with Crippen molar-refractivity contribution in [2.24, 2.45) is 0 Å². The predicted octanol–water partition coefficient (Wildman–Crippen LogP) is 1.67. The second kappa shape index (κ2) is 4.51. The van der Waals surface area contributed by atoms with Gasteiger partial charge in [0.2, 0.25) is 0 Å². The van der Waals surface area contributed by atoms with Gasteiger partial charge in [-0.2, -0.15) is 0 Å². The zero-order valence-electron chi connectivity index (χ0n) is 9.39. The molecular weight excluding hydrogens is 227 g/mol. The summed E-state index contributed by atoms with van der Waals surface area (Å²) in [6.45, 7) is 0. The summed E-state index contributed by atoms with van der Waals surface area (Å²) < 4.78 is 17.1. The van der Waals surface area contributed by atoms with Gasteiger partial charge in [0.15, 0.2) is 0 Å². The van der Waals surface area contributed by atoms with Crippen LogP contribution < -0.4 is 4.62 Å². The van der Waals surface area contributed by atoms with E-state index in [1.54, 1.807) is 9.34 Å². The number of thiophene rings is 1. The molecule has 0 spiro atoms. The average molecular weight is 242 g/mol. The predicted molar refractivity (Wildman–Crippen MR) is 66.9 cm³/mol. The van der Waals surface area contributed by atoms with Crippen molar-refractivity contribution >= 4 is 23.4 Å². The minimum atomic E-state index is -2.62. The first kappa shape index (κ1) is 12.5. The van der Waals surface area contributed by atoms with Crippen molar-refractivity contribution in [1.29, 1.82) is 0 Å². The van der Waals surface area contributed by atoms with Gasteiger partial charge in [-0.1, -0.05) is 5.92 Å². The highest BCUT2D eigenvalue weighted by Crippen LogP contribution is 2.49. The lowest BCUT2D eigenvalue weighted by Gasteiger charge is -2.29. The highest BCUT2D eigenvalue weighted by molar-refractivity contribution is 7.72. The van der Waals surface area contributed by atoms with E-state index in [1.807, 2.05) is 40.3 Å². The fourth-order valence-electron chi connectivity index (χ4n) is 1.31. The van der Waals surface area contributed by atoms with Crippen LogP contribution in [0.25, 0.3) is 0 Å². The lowest BCUT2D eigenvalue weighted by Crippen LogP contribution is -2.27. The van der Waals surface area contributed by atoms with Crippen molar-refractivity contribution in [3.63, 3.8) is 0 Å². The summed E-state index contributed by atoms with van der Waals surface area (Å²) in [4.78, 5) is 0.814. The maximum absolute atomic E-state index is 12.7. The van der Waals surface area contributed by atoms with Gasteiger partial charge in [-0.3, -0.25) is 4.57 Å². The van der Waals surface area contributed by atoms with Gasteiger partial charge in [-0.25, -0.2) is 9.34 Å². The SMILES string of the molecule is C#Cc1ccc(P(=O)(N(C)C)N(C)C)s1. The fraction of sp³-hybridized carbons (Fsp3) is 0.400. The van der Waals surface area contributed by atoms with Crippen molar-refractivity contribution in [3.8, 4) is 12.3 Å². The molecule has 3 nitrogen and oxygen atoms in total. The molecule has 0 bridgehead atoms. The lowest BCUT2D eigenvalue weighted by molar-refractivity contribution is 0.460. The Morgan fingerprint density at radius 2 is 1.80 bits per heavy atom. The van der Waals surface area contributed by atoms with E-state index in [-0.39, 0.29) is 0 Å². The third-order valence-corrected chi connectivity index (χ3v) is 6.80. The number of nitrogens with zero attached hydrogens (tertiary/aromatic N) is 2. The van der Waals surface area contributed by atoms with Crippen molar-refractivity contribution < 1.29 is 4.57 Å². The molecule has 5 heteroatoms. The molecule has 0 aliphatic heterocycles. The molecule has 15 heavy (non-hydrogen) atoms. The van der Waals surface area contributed by atoms with E-state index < -0.39 is 7.44 Å². The van der Waals surface area contributed by atoms with E-state index in [0.29, 0.717) is 0 Å². The first-order chi connectivity index (χ1) is 6.92. The van der Waals surface area contributed by atoms with Crippen LogP contribution in [0.3, 0.4) is 0 Å². The van der Waals surface area contributed by atoms with Crippen LogP contribution in [0.4, 0.5) is 0 Å². The van der Waals surface area contributed by atoms with E-state index in [4.69, 9.17) is 6.42 Å². The molecule has 0 aromatic carbocycles. The van der Waals surface area contributed by atoms with Crippen LogP contribution in [0.5, 0.6) is 0 Å². The number of hydrogen-bond acceptors (Lipinski definition) is 2. The molecule has 0 radical (unpaired) electrons. The number of rotatable bonds is 3. The van der Waals surface area contributed by atoms with E-state index in [2.05, 4.69) is 5.92 Å². The zero-order valence-corrected chi connectivity index (χ0v) is 11.1. The van der Waals surface area contributed by atoms with E-state index in [9.17, 15) is 4.57 Å². The Balaban J connectivity index is 3.23.